The van der Waals surface area contributed by atoms with Gasteiger partial charge in [-0.05, 0) is 44.2 Å². The minimum atomic E-state index is -0.500. The minimum absolute atomic E-state index is 0.100. The average Bonchev–Trinajstić information content (AvgIpc) is 3.58. The summed E-state index contributed by atoms with van der Waals surface area (Å²) in [5, 5.41) is 17.3. The molecule has 9 nitrogen and oxygen atoms in total. The maximum absolute atomic E-state index is 12.8. The number of nitrogens with zero attached hydrogens (tertiary/aromatic N) is 3. The van der Waals surface area contributed by atoms with Crippen molar-refractivity contribution in [1.29, 1.82) is 0 Å². The van der Waals surface area contributed by atoms with Crippen molar-refractivity contribution in [2.75, 3.05) is 43.4 Å². The van der Waals surface area contributed by atoms with Crippen LogP contribution in [0.5, 0.6) is 0 Å². The number of nitro groups is 1. The number of para-hydroxylation sites is 1. The van der Waals surface area contributed by atoms with E-state index in [1.807, 2.05) is 11.9 Å². The van der Waals surface area contributed by atoms with Crippen LogP contribution in [-0.2, 0) is 0 Å². The third-order valence-corrected chi connectivity index (χ3v) is 5.61. The highest BCUT2D eigenvalue weighted by atomic mass is 16.6. The SMILES string of the molecule is CN1CCN(c2ccc(C(=O)Nc3ccccc3C(=O)NC3CC3)cc2[N+](=O)[O-])CC1. The van der Waals surface area contributed by atoms with Crippen molar-refractivity contribution in [3.05, 3.63) is 63.7 Å². The van der Waals surface area contributed by atoms with Gasteiger partial charge in [0.2, 0.25) is 0 Å². The van der Waals surface area contributed by atoms with Crippen LogP contribution in [0.1, 0.15) is 33.6 Å². The van der Waals surface area contributed by atoms with E-state index in [0.717, 1.165) is 25.9 Å². The fraction of sp³-hybridized carbons (Fsp3) is 0.364. The number of nitrogens with one attached hydrogen (secondary N) is 2. The standard InChI is InChI=1S/C22H25N5O4/c1-25-10-12-26(13-11-25)19-9-6-15(14-20(19)27(30)31)21(28)24-18-5-3-2-4-17(18)22(29)23-16-7-8-16/h2-6,9,14,16H,7-8,10-13H2,1H3,(H,23,29)(H,24,28). The third-order valence-electron chi connectivity index (χ3n) is 5.61. The largest absolute Gasteiger partial charge is 0.363 e. The lowest BCUT2D eigenvalue weighted by atomic mass is 10.1. The number of anilines is 2. The fourth-order valence-corrected chi connectivity index (χ4v) is 3.60. The number of amides is 2. The number of hydrogen-bond donors (Lipinski definition) is 2. The Hall–Kier alpha value is -3.46. The second-order valence-corrected chi connectivity index (χ2v) is 8.00. The van der Waals surface area contributed by atoms with Crippen LogP contribution in [0.25, 0.3) is 0 Å². The van der Waals surface area contributed by atoms with E-state index < -0.39 is 10.8 Å². The highest BCUT2D eigenvalue weighted by Gasteiger charge is 2.26. The molecule has 2 amide bonds. The maximum atomic E-state index is 12.8. The van der Waals surface area contributed by atoms with E-state index in [4.69, 9.17) is 0 Å². The molecule has 1 heterocycles. The van der Waals surface area contributed by atoms with E-state index in [2.05, 4.69) is 15.5 Å². The molecule has 2 fully saturated rings. The molecule has 0 bridgehead atoms. The molecule has 0 unspecified atom stereocenters. The molecule has 1 aliphatic carbocycles. The van der Waals surface area contributed by atoms with Crippen LogP contribution >= 0.6 is 0 Å². The molecule has 4 rings (SSSR count). The Balaban J connectivity index is 1.54. The van der Waals surface area contributed by atoms with Crippen molar-refractivity contribution in [2.24, 2.45) is 0 Å². The van der Waals surface area contributed by atoms with Crippen molar-refractivity contribution in [3.63, 3.8) is 0 Å². The zero-order chi connectivity index (χ0) is 22.0. The summed E-state index contributed by atoms with van der Waals surface area (Å²) in [6.07, 6.45) is 1.92. The van der Waals surface area contributed by atoms with Crippen LogP contribution in [-0.4, -0.2) is 60.9 Å². The minimum Gasteiger partial charge on any atom is -0.363 e. The van der Waals surface area contributed by atoms with Gasteiger partial charge in [0.25, 0.3) is 17.5 Å². The summed E-state index contributed by atoms with van der Waals surface area (Å²) in [7, 11) is 2.02. The molecule has 1 aliphatic heterocycles. The van der Waals surface area contributed by atoms with Gasteiger partial charge in [0.1, 0.15) is 5.69 Å². The lowest BCUT2D eigenvalue weighted by molar-refractivity contribution is -0.384. The molecule has 162 valence electrons. The second-order valence-electron chi connectivity index (χ2n) is 8.00. The Kier molecular flexibility index (Phi) is 5.85. The Morgan fingerprint density at radius 1 is 1.03 bits per heavy atom. The predicted octanol–water partition coefficient (Wildman–Crippen LogP) is 2.49. The molecule has 2 N–H and O–H groups in total. The van der Waals surface area contributed by atoms with Crippen LogP contribution in [0, 0.1) is 10.1 Å². The number of carbonyl (C=O) groups excluding carboxylic acids is 2. The van der Waals surface area contributed by atoms with Gasteiger partial charge in [-0.15, -0.1) is 0 Å². The van der Waals surface area contributed by atoms with Gasteiger partial charge < -0.3 is 20.4 Å². The third kappa shape index (κ3) is 4.83. The molecule has 2 aromatic carbocycles. The van der Waals surface area contributed by atoms with Gasteiger partial charge in [-0.1, -0.05) is 12.1 Å². The molecule has 31 heavy (non-hydrogen) atoms. The molecule has 0 spiro atoms. The molecule has 1 saturated heterocycles. The summed E-state index contributed by atoms with van der Waals surface area (Å²) in [6, 6.07) is 11.5. The van der Waals surface area contributed by atoms with Gasteiger partial charge in [0.05, 0.1) is 16.2 Å². The molecule has 0 atom stereocenters. The smallest absolute Gasteiger partial charge is 0.293 e. The van der Waals surface area contributed by atoms with E-state index in [1.54, 1.807) is 36.4 Å². The molecule has 0 aromatic heterocycles. The highest BCUT2D eigenvalue weighted by molar-refractivity contribution is 6.09. The van der Waals surface area contributed by atoms with Crippen molar-refractivity contribution in [1.82, 2.24) is 10.2 Å². The van der Waals surface area contributed by atoms with E-state index >= 15 is 0 Å². The van der Waals surface area contributed by atoms with Crippen LogP contribution in [0.3, 0.4) is 0 Å². The predicted molar refractivity (Wildman–Crippen MR) is 118 cm³/mol. The molecule has 9 heteroatoms. The number of hydrogen-bond acceptors (Lipinski definition) is 6. The summed E-state index contributed by atoms with van der Waals surface area (Å²) < 4.78 is 0. The van der Waals surface area contributed by atoms with E-state index in [1.165, 1.54) is 6.07 Å². The molecule has 2 aromatic rings. The van der Waals surface area contributed by atoms with Crippen molar-refractivity contribution in [2.45, 2.75) is 18.9 Å². The summed E-state index contributed by atoms with van der Waals surface area (Å²) in [4.78, 5) is 40.7. The molecule has 2 aliphatic rings. The van der Waals surface area contributed by atoms with Crippen LogP contribution in [0.2, 0.25) is 0 Å². The fourth-order valence-electron chi connectivity index (χ4n) is 3.60. The Bertz CT molecular complexity index is 1010. The van der Waals surface area contributed by atoms with Gasteiger partial charge in [-0.25, -0.2) is 0 Å². The number of piperazine rings is 1. The van der Waals surface area contributed by atoms with Gasteiger partial charge in [-0.2, -0.15) is 0 Å². The van der Waals surface area contributed by atoms with Crippen LogP contribution < -0.4 is 15.5 Å². The van der Waals surface area contributed by atoms with Gasteiger partial charge in [-0.3, -0.25) is 19.7 Å². The monoisotopic (exact) mass is 423 g/mol. The molecule has 0 radical (unpaired) electrons. The highest BCUT2D eigenvalue weighted by Crippen LogP contribution is 2.30. The quantitative estimate of drug-likeness (QED) is 0.546. The van der Waals surface area contributed by atoms with Crippen molar-refractivity contribution < 1.29 is 14.5 Å². The molecule has 1 saturated carbocycles. The van der Waals surface area contributed by atoms with Crippen LogP contribution in [0.4, 0.5) is 17.1 Å². The zero-order valence-electron chi connectivity index (χ0n) is 17.3. The summed E-state index contributed by atoms with van der Waals surface area (Å²) >= 11 is 0. The number of benzene rings is 2. The number of likely N-dealkylation sites (N-methyl/N-ethyl adjacent to an activating group) is 1. The second kappa shape index (κ2) is 8.73. The number of rotatable bonds is 6. The van der Waals surface area contributed by atoms with Gasteiger partial charge in [0.15, 0.2) is 0 Å². The van der Waals surface area contributed by atoms with E-state index in [-0.39, 0.29) is 23.2 Å². The Morgan fingerprint density at radius 3 is 2.42 bits per heavy atom. The number of carbonyl (C=O) groups is 2. The summed E-state index contributed by atoms with van der Waals surface area (Å²) in [5.41, 5.74) is 1.32. The first-order valence-electron chi connectivity index (χ1n) is 10.4. The van der Waals surface area contributed by atoms with Crippen molar-refractivity contribution >= 4 is 28.9 Å². The molecular weight excluding hydrogens is 398 g/mol. The summed E-state index contributed by atoms with van der Waals surface area (Å²) in [6.45, 7) is 3.01. The normalized spacial score (nSPS) is 16.6. The average molecular weight is 423 g/mol. The maximum Gasteiger partial charge on any atom is 0.293 e. The summed E-state index contributed by atoms with van der Waals surface area (Å²) in [5.74, 6) is -0.741. The van der Waals surface area contributed by atoms with E-state index in [0.29, 0.717) is 30.0 Å². The van der Waals surface area contributed by atoms with Gasteiger partial charge in [0, 0.05) is 43.9 Å². The zero-order valence-corrected chi connectivity index (χ0v) is 17.3. The number of nitro benzene ring substituents is 1. The first kappa shape index (κ1) is 20.8. The van der Waals surface area contributed by atoms with Crippen LogP contribution in [0.15, 0.2) is 42.5 Å². The first-order valence-corrected chi connectivity index (χ1v) is 10.4. The Labute approximate surface area is 180 Å². The lowest BCUT2D eigenvalue weighted by Gasteiger charge is -2.33. The lowest BCUT2D eigenvalue weighted by Crippen LogP contribution is -2.44. The van der Waals surface area contributed by atoms with Crippen molar-refractivity contribution in [3.8, 4) is 0 Å². The Morgan fingerprint density at radius 2 is 1.74 bits per heavy atom. The molecular formula is C22H25N5O4. The van der Waals surface area contributed by atoms with Gasteiger partial charge >= 0.3 is 0 Å². The first-order chi connectivity index (χ1) is 14.9. The topological polar surface area (TPSA) is 108 Å². The van der Waals surface area contributed by atoms with E-state index in [9.17, 15) is 19.7 Å².